The van der Waals surface area contributed by atoms with Crippen molar-refractivity contribution >= 4 is 28.4 Å². The molecule has 37 heavy (non-hydrogen) atoms. The third-order valence-corrected chi connectivity index (χ3v) is 7.74. The molecule has 7 nitrogen and oxygen atoms in total. The topological polar surface area (TPSA) is 79.4 Å². The van der Waals surface area contributed by atoms with E-state index in [0.717, 1.165) is 77.2 Å². The lowest BCUT2D eigenvalue weighted by Crippen LogP contribution is -2.26. The van der Waals surface area contributed by atoms with Gasteiger partial charge in [0.2, 0.25) is 5.95 Å². The first-order valence-electron chi connectivity index (χ1n) is 13.0. The molecule has 0 unspecified atom stereocenters. The summed E-state index contributed by atoms with van der Waals surface area (Å²) in [6, 6.07) is 16.7. The summed E-state index contributed by atoms with van der Waals surface area (Å²) in [7, 11) is 1.69. The minimum absolute atomic E-state index is 0.160. The number of carbonyl (C=O) groups is 1. The molecule has 0 saturated heterocycles. The standard InChI is InChI=1S/C30H29N5O2/c1-37-28-13-21-8-9-31-14-24(21)12-27(28)34-30-32-15-22-6-4-20(11-26(22)33-30)19-5-7-23-17-35(16-18-2-3-18)29(36)25(23)10-19/h4-7,10-13,15,18,31H,2-3,8-9,14,16-17H2,1H3,(H,32,33,34). The molecule has 0 radical (unpaired) electrons. The second-order valence-corrected chi connectivity index (χ2v) is 10.3. The Hall–Kier alpha value is -3.97. The van der Waals surface area contributed by atoms with Crippen LogP contribution in [0.15, 0.2) is 54.7 Å². The van der Waals surface area contributed by atoms with Gasteiger partial charge in [-0.2, -0.15) is 0 Å². The molecule has 7 heteroatoms. The predicted molar refractivity (Wildman–Crippen MR) is 144 cm³/mol. The fourth-order valence-electron chi connectivity index (χ4n) is 5.46. The average Bonchev–Trinajstić information content (AvgIpc) is 3.70. The maximum atomic E-state index is 13.0. The zero-order valence-corrected chi connectivity index (χ0v) is 20.9. The van der Waals surface area contributed by atoms with Crippen molar-refractivity contribution in [2.45, 2.75) is 32.4 Å². The Bertz CT molecular complexity index is 1550. The van der Waals surface area contributed by atoms with Gasteiger partial charge in [0.15, 0.2) is 0 Å². The van der Waals surface area contributed by atoms with Crippen molar-refractivity contribution in [3.05, 3.63) is 77.0 Å². The first-order chi connectivity index (χ1) is 18.1. The number of aromatic nitrogens is 2. The molecule has 3 aliphatic rings. The maximum absolute atomic E-state index is 13.0. The number of anilines is 2. The van der Waals surface area contributed by atoms with Gasteiger partial charge in [-0.3, -0.25) is 4.79 Å². The number of amides is 1. The van der Waals surface area contributed by atoms with E-state index in [1.807, 2.05) is 23.2 Å². The van der Waals surface area contributed by atoms with E-state index in [1.165, 1.54) is 24.0 Å². The van der Waals surface area contributed by atoms with Gasteiger partial charge in [0.05, 0.1) is 18.3 Å². The molecule has 1 amide bonds. The fourth-order valence-corrected chi connectivity index (χ4v) is 5.46. The van der Waals surface area contributed by atoms with E-state index in [9.17, 15) is 4.79 Å². The van der Waals surface area contributed by atoms with Gasteiger partial charge < -0.3 is 20.3 Å². The van der Waals surface area contributed by atoms with Crippen LogP contribution < -0.4 is 15.4 Å². The number of hydrogen-bond donors (Lipinski definition) is 2. The highest BCUT2D eigenvalue weighted by atomic mass is 16.5. The van der Waals surface area contributed by atoms with Crippen LogP contribution in [0, 0.1) is 5.92 Å². The van der Waals surface area contributed by atoms with Crippen molar-refractivity contribution < 1.29 is 9.53 Å². The van der Waals surface area contributed by atoms with E-state index in [-0.39, 0.29) is 5.91 Å². The average molecular weight is 492 g/mol. The van der Waals surface area contributed by atoms with Gasteiger partial charge in [0.25, 0.3) is 5.91 Å². The first kappa shape index (κ1) is 22.2. The molecule has 1 saturated carbocycles. The van der Waals surface area contributed by atoms with Crippen LogP contribution in [0.3, 0.4) is 0 Å². The Morgan fingerprint density at radius 1 is 1.05 bits per heavy atom. The van der Waals surface area contributed by atoms with E-state index >= 15 is 0 Å². The Kier molecular flexibility index (Phi) is 5.32. The molecule has 1 fully saturated rings. The first-order valence-corrected chi connectivity index (χ1v) is 13.0. The zero-order chi connectivity index (χ0) is 24.9. The summed E-state index contributed by atoms with van der Waals surface area (Å²) >= 11 is 0. The van der Waals surface area contributed by atoms with Gasteiger partial charge in [0.1, 0.15) is 5.75 Å². The summed E-state index contributed by atoms with van der Waals surface area (Å²) in [5.74, 6) is 2.16. The third kappa shape index (κ3) is 4.19. The summed E-state index contributed by atoms with van der Waals surface area (Å²) in [4.78, 5) is 24.4. The van der Waals surface area contributed by atoms with E-state index in [4.69, 9.17) is 9.72 Å². The van der Waals surface area contributed by atoms with Crippen molar-refractivity contribution in [1.82, 2.24) is 20.2 Å². The van der Waals surface area contributed by atoms with E-state index in [1.54, 1.807) is 7.11 Å². The molecular formula is C30H29N5O2. The van der Waals surface area contributed by atoms with Crippen molar-refractivity contribution in [1.29, 1.82) is 0 Å². The predicted octanol–water partition coefficient (Wildman–Crippen LogP) is 5.06. The highest BCUT2D eigenvalue weighted by molar-refractivity contribution is 6.00. The van der Waals surface area contributed by atoms with Crippen molar-refractivity contribution in [3.8, 4) is 16.9 Å². The number of methoxy groups -OCH3 is 1. The lowest BCUT2D eigenvalue weighted by atomic mass is 9.99. The van der Waals surface area contributed by atoms with Crippen LogP contribution in [0.1, 0.15) is 39.9 Å². The number of fused-ring (bicyclic) bond motifs is 3. The SMILES string of the molecule is COc1cc2c(cc1Nc1ncc3ccc(-c4ccc5c(c4)C(=O)N(CC4CC4)C5)cc3n1)CNCC2. The molecule has 4 aromatic rings. The summed E-state index contributed by atoms with van der Waals surface area (Å²) < 4.78 is 5.66. The summed E-state index contributed by atoms with van der Waals surface area (Å²) in [6.07, 6.45) is 5.33. The van der Waals surface area contributed by atoms with Gasteiger partial charge in [0, 0.05) is 36.8 Å². The highest BCUT2D eigenvalue weighted by Gasteiger charge is 2.32. The number of nitrogens with one attached hydrogen (secondary N) is 2. The molecule has 186 valence electrons. The second kappa shape index (κ2) is 8.85. The Morgan fingerprint density at radius 3 is 2.78 bits per heavy atom. The van der Waals surface area contributed by atoms with Crippen LogP contribution in [0.2, 0.25) is 0 Å². The van der Waals surface area contributed by atoms with E-state index in [2.05, 4.69) is 52.0 Å². The molecule has 2 N–H and O–H groups in total. The fraction of sp³-hybridized carbons (Fsp3) is 0.300. The number of nitrogens with zero attached hydrogens (tertiary/aromatic N) is 3. The monoisotopic (exact) mass is 491 g/mol. The van der Waals surface area contributed by atoms with Crippen LogP contribution in [0.4, 0.5) is 11.6 Å². The minimum atomic E-state index is 0.160. The van der Waals surface area contributed by atoms with E-state index in [0.29, 0.717) is 11.9 Å². The molecule has 3 aromatic carbocycles. The van der Waals surface area contributed by atoms with Crippen LogP contribution in [0.25, 0.3) is 22.0 Å². The van der Waals surface area contributed by atoms with Gasteiger partial charge in [-0.1, -0.05) is 24.3 Å². The zero-order valence-electron chi connectivity index (χ0n) is 20.9. The number of benzene rings is 3. The molecule has 1 aliphatic carbocycles. The summed E-state index contributed by atoms with van der Waals surface area (Å²) in [6.45, 7) is 3.44. The van der Waals surface area contributed by atoms with Crippen molar-refractivity contribution in [3.63, 3.8) is 0 Å². The minimum Gasteiger partial charge on any atom is -0.495 e. The van der Waals surface area contributed by atoms with Crippen LogP contribution in [-0.4, -0.2) is 41.0 Å². The lowest BCUT2D eigenvalue weighted by molar-refractivity contribution is 0.0771. The quantitative estimate of drug-likeness (QED) is 0.393. The second-order valence-electron chi connectivity index (χ2n) is 10.3. The van der Waals surface area contributed by atoms with Gasteiger partial charge in [-0.05, 0) is 83.8 Å². The molecule has 0 spiro atoms. The molecule has 3 heterocycles. The molecule has 0 bridgehead atoms. The smallest absolute Gasteiger partial charge is 0.254 e. The van der Waals surface area contributed by atoms with Gasteiger partial charge >= 0.3 is 0 Å². The normalized spacial score (nSPS) is 16.6. The Morgan fingerprint density at radius 2 is 1.92 bits per heavy atom. The van der Waals surface area contributed by atoms with Gasteiger partial charge in [-0.15, -0.1) is 0 Å². The number of ether oxygens (including phenoxy) is 1. The third-order valence-electron chi connectivity index (χ3n) is 7.74. The molecule has 1 aromatic heterocycles. The molecular weight excluding hydrogens is 462 g/mol. The van der Waals surface area contributed by atoms with Gasteiger partial charge in [-0.25, -0.2) is 9.97 Å². The molecule has 7 rings (SSSR count). The van der Waals surface area contributed by atoms with Crippen LogP contribution in [-0.2, 0) is 19.5 Å². The largest absolute Gasteiger partial charge is 0.495 e. The van der Waals surface area contributed by atoms with Crippen molar-refractivity contribution in [2.24, 2.45) is 5.92 Å². The van der Waals surface area contributed by atoms with Crippen molar-refractivity contribution in [2.75, 3.05) is 25.5 Å². The molecule has 0 atom stereocenters. The Labute approximate surface area is 215 Å². The number of hydrogen-bond acceptors (Lipinski definition) is 6. The molecule has 2 aliphatic heterocycles. The summed E-state index contributed by atoms with van der Waals surface area (Å²) in [5, 5.41) is 7.75. The lowest BCUT2D eigenvalue weighted by Gasteiger charge is -2.20. The Balaban J connectivity index is 1.18. The van der Waals surface area contributed by atoms with Crippen LogP contribution in [0.5, 0.6) is 5.75 Å². The highest BCUT2D eigenvalue weighted by Crippen LogP contribution is 2.35. The maximum Gasteiger partial charge on any atom is 0.254 e. The van der Waals surface area contributed by atoms with Crippen LogP contribution >= 0.6 is 0 Å². The van der Waals surface area contributed by atoms with E-state index < -0.39 is 0 Å². The summed E-state index contributed by atoms with van der Waals surface area (Å²) in [5.41, 5.74) is 8.29. The number of rotatable bonds is 6. The number of carbonyl (C=O) groups excluding carboxylic acids is 1.